The van der Waals surface area contributed by atoms with E-state index in [0.717, 1.165) is 30.4 Å². The van der Waals surface area contributed by atoms with Crippen molar-refractivity contribution in [3.63, 3.8) is 0 Å². The van der Waals surface area contributed by atoms with Crippen molar-refractivity contribution in [1.82, 2.24) is 0 Å². The van der Waals surface area contributed by atoms with E-state index in [2.05, 4.69) is 6.58 Å². The molecule has 0 aromatic heterocycles. The summed E-state index contributed by atoms with van der Waals surface area (Å²) < 4.78 is 71.4. The number of ether oxygens (including phenoxy) is 2. The Kier molecular flexibility index (Phi) is 13.1. The lowest BCUT2D eigenvalue weighted by Gasteiger charge is -2.18. The quantitative estimate of drug-likeness (QED) is 0.137. The first-order valence-corrected chi connectivity index (χ1v) is 15.5. The molecule has 10 heteroatoms. The van der Waals surface area contributed by atoms with Gasteiger partial charge in [-0.05, 0) is 77.1 Å². The number of rotatable bonds is 18. The topological polar surface area (TPSA) is 105 Å². The maximum Gasteiger partial charge on any atom is 0.297 e. The summed E-state index contributed by atoms with van der Waals surface area (Å²) in [6.07, 6.45) is 2.83. The zero-order valence-corrected chi connectivity index (χ0v) is 24.3. The van der Waals surface area contributed by atoms with Gasteiger partial charge in [-0.3, -0.25) is 8.37 Å². The Morgan fingerprint density at radius 2 is 1.08 bits per heavy atom. The number of benzene rings is 2. The fraction of sp³-hybridized carbons (Fsp3) is 0.500. The summed E-state index contributed by atoms with van der Waals surface area (Å²) >= 11 is 0. The van der Waals surface area contributed by atoms with Crippen molar-refractivity contribution in [2.75, 3.05) is 26.4 Å². The molecule has 0 bridgehead atoms. The lowest BCUT2D eigenvalue weighted by molar-refractivity contribution is 0.0409. The normalized spacial score (nSPS) is 13.9. The van der Waals surface area contributed by atoms with E-state index in [4.69, 9.17) is 17.8 Å². The monoisotopic (exact) mass is 568 g/mol. The Labute approximate surface area is 228 Å². The molecule has 2 atom stereocenters. The van der Waals surface area contributed by atoms with Crippen molar-refractivity contribution in [3.05, 3.63) is 72.3 Å². The van der Waals surface area contributed by atoms with Crippen LogP contribution in [-0.4, -0.2) is 55.5 Å². The molecule has 2 aromatic rings. The van der Waals surface area contributed by atoms with Gasteiger partial charge in [-0.15, -0.1) is 6.58 Å². The standard InChI is InChI=1S/C28H40O8S2/c1-6-7-26(16-18-33-20-24(4)35-37(29,30)27-12-8-22(2)9-13-27)17-19-34-21-25(5)36-38(31,32)28-14-10-23(3)11-15-28/h6,8-15,24-26H,1,7,16-21H2,2-5H3/t24-,25-/m0/s1. The highest BCUT2D eigenvalue weighted by molar-refractivity contribution is 7.87. The molecule has 0 spiro atoms. The minimum atomic E-state index is -3.85. The van der Waals surface area contributed by atoms with Gasteiger partial charge in [-0.2, -0.15) is 16.8 Å². The Balaban J connectivity index is 1.67. The molecule has 0 saturated carbocycles. The summed E-state index contributed by atoms with van der Waals surface area (Å²) in [5.41, 5.74) is 1.93. The Morgan fingerprint density at radius 3 is 1.42 bits per heavy atom. The van der Waals surface area contributed by atoms with E-state index < -0.39 is 32.4 Å². The van der Waals surface area contributed by atoms with E-state index in [1.165, 1.54) is 24.3 Å². The van der Waals surface area contributed by atoms with Crippen molar-refractivity contribution in [3.8, 4) is 0 Å². The van der Waals surface area contributed by atoms with Gasteiger partial charge in [0.2, 0.25) is 0 Å². The van der Waals surface area contributed by atoms with Crippen LogP contribution in [0.5, 0.6) is 0 Å². The third-order valence-electron chi connectivity index (χ3n) is 5.75. The SMILES string of the molecule is C=CCC(CCOC[C@H](C)OS(=O)(=O)c1ccc(C)cc1)CCOC[C@H](C)OS(=O)(=O)c1ccc(C)cc1. The molecule has 0 fully saturated rings. The molecule has 0 saturated heterocycles. The second-order valence-corrected chi connectivity index (χ2v) is 12.6. The highest BCUT2D eigenvalue weighted by atomic mass is 32.2. The molecule has 38 heavy (non-hydrogen) atoms. The van der Waals surface area contributed by atoms with Crippen LogP contribution in [0.1, 0.15) is 44.2 Å². The first-order chi connectivity index (χ1) is 17.9. The number of hydrogen-bond acceptors (Lipinski definition) is 8. The van der Waals surface area contributed by atoms with Crippen LogP contribution < -0.4 is 0 Å². The average molecular weight is 569 g/mol. The third-order valence-corrected chi connectivity index (χ3v) is 8.61. The fourth-order valence-electron chi connectivity index (χ4n) is 3.62. The molecule has 0 aliphatic carbocycles. The molecule has 0 amide bonds. The van der Waals surface area contributed by atoms with Crippen LogP contribution in [0.3, 0.4) is 0 Å². The third kappa shape index (κ3) is 11.3. The largest absolute Gasteiger partial charge is 0.379 e. The highest BCUT2D eigenvalue weighted by Crippen LogP contribution is 2.18. The van der Waals surface area contributed by atoms with Crippen molar-refractivity contribution in [2.24, 2.45) is 5.92 Å². The molecule has 212 valence electrons. The summed E-state index contributed by atoms with van der Waals surface area (Å²) in [6.45, 7) is 12.0. The average Bonchev–Trinajstić information content (AvgIpc) is 2.84. The zero-order valence-electron chi connectivity index (χ0n) is 22.7. The van der Waals surface area contributed by atoms with Crippen LogP contribution in [0.4, 0.5) is 0 Å². The van der Waals surface area contributed by atoms with Gasteiger partial charge < -0.3 is 9.47 Å². The molecule has 8 nitrogen and oxygen atoms in total. The second kappa shape index (κ2) is 15.5. The van der Waals surface area contributed by atoms with E-state index >= 15 is 0 Å². The molecule has 0 aliphatic rings. The van der Waals surface area contributed by atoms with Crippen molar-refractivity contribution >= 4 is 20.2 Å². The van der Waals surface area contributed by atoms with Gasteiger partial charge in [0.15, 0.2) is 0 Å². The van der Waals surface area contributed by atoms with E-state index in [1.54, 1.807) is 38.1 Å². The molecular weight excluding hydrogens is 528 g/mol. The Morgan fingerprint density at radius 1 is 0.711 bits per heavy atom. The summed E-state index contributed by atoms with van der Waals surface area (Å²) in [6, 6.07) is 13.0. The van der Waals surface area contributed by atoms with E-state index in [9.17, 15) is 16.8 Å². The first kappa shape index (κ1) is 32.1. The maximum absolute atomic E-state index is 12.4. The molecule has 0 aliphatic heterocycles. The zero-order chi connectivity index (χ0) is 28.2. The first-order valence-electron chi connectivity index (χ1n) is 12.7. The number of aryl methyl sites for hydroxylation is 2. The molecule has 2 rings (SSSR count). The predicted octanol–water partition coefficient (Wildman–Crippen LogP) is 5.20. The van der Waals surface area contributed by atoms with Gasteiger partial charge in [0.05, 0.1) is 35.2 Å². The predicted molar refractivity (Wildman–Crippen MR) is 147 cm³/mol. The summed E-state index contributed by atoms with van der Waals surface area (Å²) in [5.74, 6) is 0.257. The van der Waals surface area contributed by atoms with Crippen LogP contribution in [0.2, 0.25) is 0 Å². The lowest BCUT2D eigenvalue weighted by Crippen LogP contribution is -2.22. The minimum Gasteiger partial charge on any atom is -0.379 e. The van der Waals surface area contributed by atoms with Gasteiger partial charge in [0.1, 0.15) is 0 Å². The maximum atomic E-state index is 12.4. The van der Waals surface area contributed by atoms with Crippen LogP contribution in [0.25, 0.3) is 0 Å². The van der Waals surface area contributed by atoms with E-state index in [0.29, 0.717) is 13.2 Å². The summed E-state index contributed by atoms with van der Waals surface area (Å²) in [7, 11) is -7.69. The number of allylic oxidation sites excluding steroid dienone is 1. The minimum absolute atomic E-state index is 0.119. The molecule has 0 unspecified atom stereocenters. The summed E-state index contributed by atoms with van der Waals surface area (Å²) in [5, 5.41) is 0. The Hall–Kier alpha value is -2.08. The number of hydrogen-bond donors (Lipinski definition) is 0. The van der Waals surface area contributed by atoms with Gasteiger partial charge in [0.25, 0.3) is 20.2 Å². The fourth-order valence-corrected chi connectivity index (χ4v) is 5.76. The van der Waals surface area contributed by atoms with Gasteiger partial charge in [-0.1, -0.05) is 41.5 Å². The molecular formula is C28H40O8S2. The molecule has 0 radical (unpaired) electrons. The lowest BCUT2D eigenvalue weighted by atomic mass is 9.98. The van der Waals surface area contributed by atoms with Crippen molar-refractivity contribution in [2.45, 2.75) is 69.0 Å². The van der Waals surface area contributed by atoms with Gasteiger partial charge in [-0.25, -0.2) is 0 Å². The molecule has 2 aromatic carbocycles. The molecule has 0 N–H and O–H groups in total. The van der Waals surface area contributed by atoms with E-state index in [-0.39, 0.29) is 28.9 Å². The van der Waals surface area contributed by atoms with Crippen molar-refractivity contribution in [1.29, 1.82) is 0 Å². The smallest absolute Gasteiger partial charge is 0.297 e. The summed E-state index contributed by atoms with van der Waals surface area (Å²) in [4.78, 5) is 0.238. The highest BCUT2D eigenvalue weighted by Gasteiger charge is 2.20. The van der Waals surface area contributed by atoms with Gasteiger partial charge in [0, 0.05) is 13.2 Å². The van der Waals surface area contributed by atoms with Crippen LogP contribution in [-0.2, 0) is 38.1 Å². The van der Waals surface area contributed by atoms with Crippen molar-refractivity contribution < 1.29 is 34.7 Å². The Bertz CT molecular complexity index is 1100. The van der Waals surface area contributed by atoms with E-state index in [1.807, 2.05) is 19.9 Å². The van der Waals surface area contributed by atoms with Crippen LogP contribution >= 0.6 is 0 Å². The van der Waals surface area contributed by atoms with Crippen LogP contribution in [0, 0.1) is 19.8 Å². The van der Waals surface area contributed by atoms with Gasteiger partial charge >= 0.3 is 0 Å². The van der Waals surface area contributed by atoms with Crippen LogP contribution in [0.15, 0.2) is 71.0 Å². The second-order valence-electron chi connectivity index (χ2n) is 9.47. The molecule has 0 heterocycles.